The van der Waals surface area contributed by atoms with E-state index < -0.39 is 0 Å². The molecule has 10 rings (SSSR count). The van der Waals surface area contributed by atoms with Crippen LogP contribution in [0.3, 0.4) is 0 Å². The Hall–Kier alpha value is -5.06. The summed E-state index contributed by atoms with van der Waals surface area (Å²) >= 11 is 1.97. The Morgan fingerprint density at radius 2 is 1.14 bits per heavy atom. The number of aryl methyl sites for hydroxylation is 1. The van der Waals surface area contributed by atoms with Crippen molar-refractivity contribution in [3.05, 3.63) is 149 Å². The smallest absolute Gasteiger partial charge is 0.254 e. The first-order valence-corrected chi connectivity index (χ1v) is 24.2. The van der Waals surface area contributed by atoms with Crippen LogP contribution in [-0.4, -0.2) is 6.71 Å². The third-order valence-electron chi connectivity index (χ3n) is 14.8. The fourth-order valence-electron chi connectivity index (χ4n) is 11.0. The van der Waals surface area contributed by atoms with Crippen LogP contribution in [0.15, 0.2) is 115 Å². The normalized spacial score (nSPS) is 16.4. The third kappa shape index (κ3) is 6.64. The fourth-order valence-corrected chi connectivity index (χ4v) is 12.3. The molecule has 0 N–H and O–H groups in total. The van der Waals surface area contributed by atoms with E-state index in [4.69, 9.17) is 0 Å². The Labute approximate surface area is 382 Å². The largest absolute Gasteiger partial charge is 0.310 e. The highest BCUT2D eigenvalue weighted by Gasteiger charge is 2.49. The molecule has 0 spiro atoms. The average Bonchev–Trinajstić information content (AvgIpc) is 3.60. The molecule has 1 aromatic heterocycles. The zero-order valence-corrected chi connectivity index (χ0v) is 41.1. The van der Waals surface area contributed by atoms with Gasteiger partial charge in [-0.2, -0.15) is 0 Å². The summed E-state index contributed by atoms with van der Waals surface area (Å²) in [5.74, 6) is 0. The van der Waals surface area contributed by atoms with Crippen molar-refractivity contribution in [1.29, 1.82) is 0 Å². The van der Waals surface area contributed by atoms with E-state index in [-0.39, 0.29) is 33.8 Å². The predicted molar refractivity (Wildman–Crippen MR) is 277 cm³/mol. The fraction of sp³-hybridized carbons (Fsp3) is 0.356. The molecule has 320 valence electrons. The van der Waals surface area contributed by atoms with E-state index in [0.29, 0.717) is 0 Å². The van der Waals surface area contributed by atoms with Crippen LogP contribution >= 0.6 is 11.3 Å². The standard InChI is InChI=1S/C59H65BN2S/c1-36-32-47-52-48(33-36)62(46-28-22-39(56(5,6)7)34-42(46)37-18-16-15-17-19-37)53-45(27-26-44-50(53)59(13,14)31-30-58(44,11)12)60(52)51-43-35-40(57(8,9)10)23-29-49(43)63-54(51)61(47)41-24-20-38(21-25-41)55(2,3)4/h15-29,32-35H,30-31H2,1-14H3. The molecule has 3 aliphatic rings. The van der Waals surface area contributed by atoms with E-state index in [9.17, 15) is 0 Å². The van der Waals surface area contributed by atoms with Gasteiger partial charge in [0.2, 0.25) is 0 Å². The minimum absolute atomic E-state index is 0.00794. The molecule has 6 aromatic carbocycles. The van der Waals surface area contributed by atoms with Gasteiger partial charge in [-0.25, -0.2) is 0 Å². The molecule has 3 heterocycles. The summed E-state index contributed by atoms with van der Waals surface area (Å²) in [6.07, 6.45) is 2.31. The quantitative estimate of drug-likeness (QED) is 0.164. The summed E-state index contributed by atoms with van der Waals surface area (Å²) in [6.45, 7) is 33.4. The van der Waals surface area contributed by atoms with Crippen LogP contribution in [0, 0.1) is 6.92 Å². The lowest BCUT2D eigenvalue weighted by atomic mass is 9.33. The van der Waals surface area contributed by atoms with Gasteiger partial charge in [-0.15, -0.1) is 11.3 Å². The van der Waals surface area contributed by atoms with Crippen LogP contribution < -0.4 is 26.2 Å². The molecule has 0 fully saturated rings. The lowest BCUT2D eigenvalue weighted by Gasteiger charge is -2.49. The number of hydrogen-bond donors (Lipinski definition) is 0. The number of hydrogen-bond acceptors (Lipinski definition) is 3. The first-order valence-electron chi connectivity index (χ1n) is 23.3. The molecule has 63 heavy (non-hydrogen) atoms. The van der Waals surface area contributed by atoms with E-state index >= 15 is 0 Å². The second kappa shape index (κ2) is 14.0. The van der Waals surface area contributed by atoms with Crippen molar-refractivity contribution in [1.82, 2.24) is 0 Å². The highest BCUT2D eigenvalue weighted by molar-refractivity contribution is 7.26. The number of anilines is 6. The Bertz CT molecular complexity index is 2960. The molecule has 7 aromatic rings. The van der Waals surface area contributed by atoms with E-state index in [1.807, 2.05) is 11.3 Å². The molecular weight excluding hydrogens is 780 g/mol. The van der Waals surface area contributed by atoms with Gasteiger partial charge in [0, 0.05) is 33.0 Å². The maximum Gasteiger partial charge on any atom is 0.254 e. The number of nitrogens with zero attached hydrogens (tertiary/aromatic N) is 2. The van der Waals surface area contributed by atoms with Gasteiger partial charge in [-0.1, -0.05) is 163 Å². The summed E-state index contributed by atoms with van der Waals surface area (Å²) in [6, 6.07) is 45.4. The van der Waals surface area contributed by atoms with Gasteiger partial charge >= 0.3 is 0 Å². The first-order chi connectivity index (χ1) is 29.5. The lowest BCUT2D eigenvalue weighted by molar-refractivity contribution is 0.333. The molecule has 0 unspecified atom stereocenters. The minimum atomic E-state index is -0.0364. The van der Waals surface area contributed by atoms with Gasteiger partial charge in [0.1, 0.15) is 0 Å². The highest BCUT2D eigenvalue weighted by Crippen LogP contribution is 2.56. The van der Waals surface area contributed by atoms with Crippen molar-refractivity contribution in [2.75, 3.05) is 9.80 Å². The Morgan fingerprint density at radius 1 is 0.556 bits per heavy atom. The molecule has 0 atom stereocenters. The van der Waals surface area contributed by atoms with Crippen LogP contribution in [0.25, 0.3) is 21.2 Å². The van der Waals surface area contributed by atoms with Crippen molar-refractivity contribution < 1.29 is 0 Å². The van der Waals surface area contributed by atoms with Gasteiger partial charge in [-0.3, -0.25) is 0 Å². The summed E-state index contributed by atoms with van der Waals surface area (Å²) in [5.41, 5.74) is 21.6. The predicted octanol–water partition coefficient (Wildman–Crippen LogP) is 15.2. The number of thiophene rings is 1. The van der Waals surface area contributed by atoms with E-state index in [0.717, 1.165) is 6.42 Å². The topological polar surface area (TPSA) is 6.48 Å². The zero-order chi connectivity index (χ0) is 44.8. The number of benzene rings is 6. The molecule has 1 aliphatic carbocycles. The maximum absolute atomic E-state index is 2.75. The number of fused-ring (bicyclic) bond motifs is 8. The molecule has 0 amide bonds. The minimum Gasteiger partial charge on any atom is -0.310 e. The molecular formula is C59H65BN2S. The van der Waals surface area contributed by atoms with Crippen LogP contribution in [0.5, 0.6) is 0 Å². The van der Waals surface area contributed by atoms with Gasteiger partial charge in [-0.05, 0) is 150 Å². The van der Waals surface area contributed by atoms with Gasteiger partial charge < -0.3 is 9.80 Å². The van der Waals surface area contributed by atoms with Crippen molar-refractivity contribution in [3.63, 3.8) is 0 Å². The molecule has 4 heteroatoms. The van der Waals surface area contributed by atoms with Gasteiger partial charge in [0.15, 0.2) is 0 Å². The summed E-state index contributed by atoms with van der Waals surface area (Å²) < 4.78 is 1.35. The highest BCUT2D eigenvalue weighted by atomic mass is 32.1. The van der Waals surface area contributed by atoms with E-state index in [1.54, 1.807) is 0 Å². The van der Waals surface area contributed by atoms with Crippen LogP contribution in [-0.2, 0) is 27.1 Å². The molecule has 0 saturated carbocycles. The Balaban J connectivity index is 1.38. The molecule has 0 saturated heterocycles. The van der Waals surface area contributed by atoms with E-state index in [2.05, 4.69) is 222 Å². The lowest BCUT2D eigenvalue weighted by Crippen LogP contribution is -2.61. The van der Waals surface area contributed by atoms with Gasteiger partial charge in [0.05, 0.1) is 10.7 Å². The first kappa shape index (κ1) is 41.9. The average molecular weight is 845 g/mol. The number of rotatable bonds is 3. The van der Waals surface area contributed by atoms with Crippen molar-refractivity contribution in [3.8, 4) is 11.1 Å². The van der Waals surface area contributed by atoms with E-state index in [1.165, 1.54) is 111 Å². The van der Waals surface area contributed by atoms with Crippen molar-refractivity contribution in [2.24, 2.45) is 0 Å². The zero-order valence-electron chi connectivity index (χ0n) is 40.3. The van der Waals surface area contributed by atoms with Gasteiger partial charge in [0.25, 0.3) is 6.71 Å². The van der Waals surface area contributed by atoms with Crippen LogP contribution in [0.2, 0.25) is 0 Å². The second-order valence-electron chi connectivity index (χ2n) is 23.4. The summed E-state index contributed by atoms with van der Waals surface area (Å²) in [7, 11) is 0. The maximum atomic E-state index is 2.75. The summed E-state index contributed by atoms with van der Waals surface area (Å²) in [4.78, 5) is 5.37. The van der Waals surface area contributed by atoms with Crippen LogP contribution in [0.4, 0.5) is 33.4 Å². The monoisotopic (exact) mass is 844 g/mol. The molecule has 0 radical (unpaired) electrons. The van der Waals surface area contributed by atoms with Crippen LogP contribution in [0.1, 0.15) is 136 Å². The Morgan fingerprint density at radius 3 is 1.79 bits per heavy atom. The molecule has 2 nitrogen and oxygen atoms in total. The van der Waals surface area contributed by atoms with Crippen molar-refractivity contribution in [2.45, 2.75) is 137 Å². The third-order valence-corrected chi connectivity index (χ3v) is 16.0. The molecule has 0 bridgehead atoms. The summed E-state index contributed by atoms with van der Waals surface area (Å²) in [5, 5.41) is 2.72. The Kier molecular flexibility index (Phi) is 9.30. The molecule has 2 aliphatic heterocycles. The van der Waals surface area contributed by atoms with Crippen molar-refractivity contribution >= 4 is 78.0 Å². The SMILES string of the molecule is Cc1cc2c3c(c1)N(c1ccc(C(C)(C)C)cc1-c1ccccc1)c1c(ccc4c1C(C)(C)CCC4(C)C)B3c1c(sc3ccc(C(C)(C)C)cc13)N2c1ccc(C(C)(C)C)cc1. The second-order valence-corrected chi connectivity index (χ2v) is 24.5.